The minimum Gasteiger partial charge on any atom is -0.363 e. The summed E-state index contributed by atoms with van der Waals surface area (Å²) in [5.74, 6) is 4.52. The normalized spacial score (nSPS) is 11.8. The molecule has 1 atom stereocenters. The van der Waals surface area contributed by atoms with Crippen LogP contribution >= 0.6 is 11.6 Å². The lowest BCUT2D eigenvalue weighted by atomic mass is 10.0. The number of aromatic nitrogens is 5. The van der Waals surface area contributed by atoms with Gasteiger partial charge in [0.05, 0.1) is 17.9 Å². The van der Waals surface area contributed by atoms with Gasteiger partial charge in [-0.25, -0.2) is 25.3 Å². The van der Waals surface area contributed by atoms with E-state index in [2.05, 4.69) is 31.0 Å². The number of nitrogens with one attached hydrogen (secondary N) is 3. The largest absolute Gasteiger partial charge is 0.363 e. The molecule has 5 N–H and O–H groups in total. The quantitative estimate of drug-likeness (QED) is 0.192. The van der Waals surface area contributed by atoms with Gasteiger partial charge < -0.3 is 10.6 Å². The third-order valence-electron chi connectivity index (χ3n) is 4.85. The molecule has 3 aromatic heterocycles. The molecule has 1 aromatic carbocycles. The van der Waals surface area contributed by atoms with Gasteiger partial charge in [0.25, 0.3) is 5.91 Å². The van der Waals surface area contributed by atoms with Gasteiger partial charge in [-0.05, 0) is 13.0 Å². The molecule has 168 valence electrons. The van der Waals surface area contributed by atoms with E-state index in [1.54, 1.807) is 4.52 Å². The monoisotopic (exact) mass is 465 g/mol. The molecule has 0 unspecified atom stereocenters. The van der Waals surface area contributed by atoms with Crippen LogP contribution in [0, 0.1) is 0 Å². The molecule has 0 fully saturated rings. The summed E-state index contributed by atoms with van der Waals surface area (Å²) < 4.78 is 1.55. The van der Waals surface area contributed by atoms with Gasteiger partial charge in [0.2, 0.25) is 5.91 Å². The Balaban J connectivity index is 1.81. The van der Waals surface area contributed by atoms with Crippen LogP contribution in [0.15, 0.2) is 48.9 Å². The minimum atomic E-state index is -0.661. The van der Waals surface area contributed by atoms with Crippen LogP contribution in [0.2, 0.25) is 5.15 Å². The average Bonchev–Trinajstić information content (AvgIpc) is 3.18. The Morgan fingerprint density at radius 3 is 2.55 bits per heavy atom. The maximum Gasteiger partial charge on any atom is 0.272 e. The Labute approximate surface area is 193 Å². The van der Waals surface area contributed by atoms with E-state index in [0.717, 1.165) is 11.1 Å². The molecule has 11 nitrogen and oxygen atoms in total. The number of hydrogen-bond donors (Lipinski definition) is 4. The van der Waals surface area contributed by atoms with Crippen molar-refractivity contribution >= 4 is 40.7 Å². The molecule has 0 spiro atoms. The van der Waals surface area contributed by atoms with Crippen molar-refractivity contribution in [2.24, 2.45) is 5.84 Å². The number of nitrogen functional groups attached to an aromatic ring is 1. The summed E-state index contributed by atoms with van der Waals surface area (Å²) in [5, 5.41) is 10.8. The van der Waals surface area contributed by atoms with Gasteiger partial charge in [0, 0.05) is 18.1 Å². The molecule has 0 aliphatic heterocycles. The van der Waals surface area contributed by atoms with Crippen molar-refractivity contribution in [3.8, 4) is 11.3 Å². The summed E-state index contributed by atoms with van der Waals surface area (Å²) in [5.41, 5.74) is 4.95. The van der Waals surface area contributed by atoms with Gasteiger partial charge in [-0.3, -0.25) is 15.0 Å². The fourth-order valence-corrected chi connectivity index (χ4v) is 3.55. The van der Waals surface area contributed by atoms with Gasteiger partial charge in [-0.15, -0.1) is 0 Å². The van der Waals surface area contributed by atoms with Crippen molar-refractivity contribution in [2.45, 2.75) is 19.9 Å². The number of anilines is 2. The zero-order valence-corrected chi connectivity index (χ0v) is 18.5. The fourth-order valence-electron chi connectivity index (χ4n) is 3.38. The van der Waals surface area contributed by atoms with Crippen molar-refractivity contribution < 1.29 is 9.59 Å². The van der Waals surface area contributed by atoms with Gasteiger partial charge in [0.1, 0.15) is 17.7 Å². The Kier molecular flexibility index (Phi) is 6.16. The lowest BCUT2D eigenvalue weighted by Gasteiger charge is -2.20. The predicted octanol–water partition coefficient (Wildman–Crippen LogP) is 2.57. The van der Waals surface area contributed by atoms with E-state index in [9.17, 15) is 9.59 Å². The summed E-state index contributed by atoms with van der Waals surface area (Å²) >= 11 is 6.24. The number of carbonyl (C=O) groups is 2. The molecule has 33 heavy (non-hydrogen) atoms. The molecule has 3 heterocycles. The number of nitrogens with two attached hydrogens (primary N) is 1. The Bertz CT molecular complexity index is 1340. The first-order valence-electron chi connectivity index (χ1n) is 9.88. The first kappa shape index (κ1) is 22.1. The average molecular weight is 466 g/mol. The first-order valence-corrected chi connectivity index (χ1v) is 10.3. The second kappa shape index (κ2) is 9.18. The van der Waals surface area contributed by atoms with Crippen LogP contribution in [0.1, 0.15) is 35.8 Å². The Morgan fingerprint density at radius 2 is 1.85 bits per heavy atom. The van der Waals surface area contributed by atoms with Crippen molar-refractivity contribution in [3.05, 3.63) is 65.2 Å². The molecule has 0 aliphatic rings. The number of carbonyl (C=O) groups excluding carboxylic acids is 2. The summed E-state index contributed by atoms with van der Waals surface area (Å²) in [6.45, 7) is 3.19. The van der Waals surface area contributed by atoms with Crippen LogP contribution in [-0.4, -0.2) is 36.4 Å². The lowest BCUT2D eigenvalue weighted by Crippen LogP contribution is -2.32. The molecule has 4 aromatic rings. The second-order valence-electron chi connectivity index (χ2n) is 7.13. The van der Waals surface area contributed by atoms with Crippen LogP contribution < -0.4 is 21.9 Å². The number of rotatable bonds is 6. The number of nitrogens with zero attached hydrogens (tertiary/aromatic N) is 5. The maximum atomic E-state index is 12.5. The van der Waals surface area contributed by atoms with Gasteiger partial charge in [0.15, 0.2) is 16.6 Å². The first-order chi connectivity index (χ1) is 15.9. The summed E-state index contributed by atoms with van der Waals surface area (Å²) in [6, 6.07) is 11.1. The van der Waals surface area contributed by atoms with Crippen molar-refractivity contribution in [2.75, 3.05) is 10.6 Å². The van der Waals surface area contributed by atoms with E-state index < -0.39 is 17.9 Å². The second-order valence-corrected chi connectivity index (χ2v) is 7.52. The van der Waals surface area contributed by atoms with E-state index >= 15 is 0 Å². The number of halogens is 1. The molecule has 0 radical (unpaired) electrons. The molecule has 4 rings (SSSR count). The van der Waals surface area contributed by atoms with E-state index in [4.69, 9.17) is 22.5 Å². The maximum absolute atomic E-state index is 12.5. The molecule has 0 aliphatic carbocycles. The minimum absolute atomic E-state index is 0.00111. The number of imidazole rings is 1. The van der Waals surface area contributed by atoms with Gasteiger partial charge >= 0.3 is 0 Å². The van der Waals surface area contributed by atoms with Crippen LogP contribution in [0.4, 0.5) is 11.6 Å². The van der Waals surface area contributed by atoms with E-state index in [-0.39, 0.29) is 17.2 Å². The molecule has 2 amide bonds. The highest BCUT2D eigenvalue weighted by Crippen LogP contribution is 2.31. The van der Waals surface area contributed by atoms with Crippen LogP contribution in [0.3, 0.4) is 0 Å². The topological polar surface area (TPSA) is 152 Å². The summed E-state index contributed by atoms with van der Waals surface area (Å²) in [4.78, 5) is 36.5. The highest BCUT2D eigenvalue weighted by Gasteiger charge is 2.23. The zero-order chi connectivity index (χ0) is 23.5. The molecule has 0 bridgehead atoms. The summed E-state index contributed by atoms with van der Waals surface area (Å²) in [7, 11) is 0. The molecular weight excluding hydrogens is 446 g/mol. The number of benzene rings is 1. The third-order valence-corrected chi connectivity index (χ3v) is 5.11. The number of hydrazine groups is 1. The number of fused-ring (bicyclic) bond motifs is 1. The number of hydrogen-bond acceptors (Lipinski definition) is 8. The lowest BCUT2D eigenvalue weighted by molar-refractivity contribution is -0.114. The molecule has 0 saturated carbocycles. The van der Waals surface area contributed by atoms with E-state index in [1.807, 2.05) is 43.3 Å². The van der Waals surface area contributed by atoms with Gasteiger partial charge in [-0.1, -0.05) is 41.9 Å². The Morgan fingerprint density at radius 1 is 1.12 bits per heavy atom. The van der Waals surface area contributed by atoms with Crippen LogP contribution in [0.5, 0.6) is 0 Å². The predicted molar refractivity (Wildman–Crippen MR) is 123 cm³/mol. The van der Waals surface area contributed by atoms with Crippen molar-refractivity contribution in [1.82, 2.24) is 30.0 Å². The van der Waals surface area contributed by atoms with Crippen molar-refractivity contribution in [1.29, 1.82) is 0 Å². The highest BCUT2D eigenvalue weighted by atomic mass is 35.5. The molecule has 12 heteroatoms. The van der Waals surface area contributed by atoms with Crippen LogP contribution in [-0.2, 0) is 4.79 Å². The summed E-state index contributed by atoms with van der Waals surface area (Å²) in [6.07, 6.45) is 2.76. The fraction of sp³-hybridized carbons (Fsp3) is 0.143. The molecular formula is C21H20ClN9O2. The standard InChI is InChI=1S/C21H20ClN9O2/c1-11(27-19-17(21(33)29-23)20(26-10-25-19)28-12(2)32)14-8-16-24-9-15(22)31(16)30-18(14)13-6-4-3-5-7-13/h3-11H,23H2,1-2H3,(H,29,33)(H2,25,26,27,28,32)/t11-/m0/s1. The van der Waals surface area contributed by atoms with Crippen LogP contribution in [0.25, 0.3) is 16.9 Å². The zero-order valence-electron chi connectivity index (χ0n) is 17.7. The molecule has 0 saturated heterocycles. The highest BCUT2D eigenvalue weighted by molar-refractivity contribution is 6.29. The van der Waals surface area contributed by atoms with E-state index in [1.165, 1.54) is 19.4 Å². The smallest absolute Gasteiger partial charge is 0.272 e. The van der Waals surface area contributed by atoms with Crippen molar-refractivity contribution in [3.63, 3.8) is 0 Å². The van der Waals surface area contributed by atoms with E-state index in [0.29, 0.717) is 16.5 Å². The Hall–Kier alpha value is -4.09. The third kappa shape index (κ3) is 4.45. The SMILES string of the molecule is CC(=O)Nc1ncnc(N[C@@H](C)c2cc3ncc(Cl)n3nc2-c2ccccc2)c1C(=O)NN. The number of amides is 2. The van der Waals surface area contributed by atoms with Gasteiger partial charge in [-0.2, -0.15) is 5.10 Å².